The molecule has 27 heavy (non-hydrogen) atoms. The largest absolute Gasteiger partial charge is 0.416 e. The van der Waals surface area contributed by atoms with Gasteiger partial charge in [0, 0.05) is 6.20 Å². The van der Waals surface area contributed by atoms with E-state index >= 15 is 0 Å². The highest BCUT2D eigenvalue weighted by Crippen LogP contribution is 2.30. The predicted octanol–water partition coefficient (Wildman–Crippen LogP) is 4.38. The molecule has 0 aliphatic rings. The maximum absolute atomic E-state index is 12.9. The quantitative estimate of drug-likeness (QED) is 0.671. The lowest BCUT2D eigenvalue weighted by atomic mass is 10.2. The van der Waals surface area contributed by atoms with Crippen molar-refractivity contribution in [2.45, 2.75) is 26.6 Å². The second-order valence-electron chi connectivity index (χ2n) is 6.23. The fourth-order valence-corrected chi connectivity index (χ4v) is 2.44. The summed E-state index contributed by atoms with van der Waals surface area (Å²) in [7, 11) is 0. The molecule has 0 fully saturated rings. The average Bonchev–Trinajstić information content (AvgIpc) is 3.01. The molecule has 140 valence electrons. The summed E-state index contributed by atoms with van der Waals surface area (Å²) in [5.41, 5.74) is 2.12. The van der Waals surface area contributed by atoms with Gasteiger partial charge in [0.05, 0.1) is 24.0 Å². The molecule has 3 aromatic rings. The number of nitrogens with zero attached hydrogens (tertiary/aromatic N) is 5. The van der Waals surface area contributed by atoms with Crippen LogP contribution in [-0.2, 0) is 12.7 Å². The Morgan fingerprint density at radius 3 is 2.67 bits per heavy atom. The van der Waals surface area contributed by atoms with Crippen molar-refractivity contribution in [2.75, 3.05) is 5.32 Å². The smallest absolute Gasteiger partial charge is 0.325 e. The summed E-state index contributed by atoms with van der Waals surface area (Å²) in [6.45, 7) is 8.11. The Bertz CT molecular complexity index is 977. The minimum atomic E-state index is -4.44. The van der Waals surface area contributed by atoms with E-state index in [1.807, 2.05) is 19.9 Å². The van der Waals surface area contributed by atoms with Gasteiger partial charge in [0.25, 0.3) is 0 Å². The molecular weight excluding hydrogens is 357 g/mol. The standard InChI is InChI=1S/C18H17F3N6/c1-11(2)9-27-10-15(25-26-27)14-6-12(3)7-17(23-14)24-16-8-13(4-5-22-16)18(19,20)21/h4-8,10H,1,9H2,2-3H3,(H,22,23,24). The van der Waals surface area contributed by atoms with Crippen molar-refractivity contribution in [1.82, 2.24) is 25.0 Å². The van der Waals surface area contributed by atoms with E-state index in [-0.39, 0.29) is 5.82 Å². The van der Waals surface area contributed by atoms with Gasteiger partial charge in [-0.15, -0.1) is 5.10 Å². The maximum atomic E-state index is 12.9. The van der Waals surface area contributed by atoms with Crippen LogP contribution >= 0.6 is 0 Å². The van der Waals surface area contributed by atoms with E-state index in [0.717, 1.165) is 29.5 Å². The second-order valence-corrected chi connectivity index (χ2v) is 6.23. The first-order valence-corrected chi connectivity index (χ1v) is 8.04. The number of aromatic nitrogens is 5. The molecule has 0 unspecified atom stereocenters. The van der Waals surface area contributed by atoms with E-state index in [2.05, 4.69) is 32.2 Å². The molecule has 0 radical (unpaired) electrons. The predicted molar refractivity (Wildman–Crippen MR) is 95.3 cm³/mol. The van der Waals surface area contributed by atoms with E-state index in [4.69, 9.17) is 0 Å². The molecule has 0 amide bonds. The Hall–Kier alpha value is -3.23. The fraction of sp³-hybridized carbons (Fsp3) is 0.222. The SMILES string of the molecule is C=C(C)Cn1cc(-c2cc(C)cc(Nc3cc(C(F)(F)F)ccn3)n2)nn1. The third kappa shape index (κ3) is 4.69. The summed E-state index contributed by atoms with van der Waals surface area (Å²) >= 11 is 0. The third-order valence-corrected chi connectivity index (χ3v) is 3.55. The van der Waals surface area contributed by atoms with Crippen LogP contribution in [0.1, 0.15) is 18.1 Å². The molecule has 0 atom stereocenters. The number of aryl methyl sites for hydroxylation is 1. The van der Waals surface area contributed by atoms with Crippen molar-refractivity contribution in [1.29, 1.82) is 0 Å². The lowest BCUT2D eigenvalue weighted by molar-refractivity contribution is -0.137. The summed E-state index contributed by atoms with van der Waals surface area (Å²) in [5, 5.41) is 10.9. The fourth-order valence-electron chi connectivity index (χ4n) is 2.44. The van der Waals surface area contributed by atoms with E-state index in [1.54, 1.807) is 16.9 Å². The van der Waals surface area contributed by atoms with Gasteiger partial charge in [-0.25, -0.2) is 14.6 Å². The van der Waals surface area contributed by atoms with E-state index in [1.165, 1.54) is 0 Å². The molecule has 0 spiro atoms. The number of pyridine rings is 2. The average molecular weight is 374 g/mol. The lowest BCUT2D eigenvalue weighted by Crippen LogP contribution is -2.06. The molecular formula is C18H17F3N6. The van der Waals surface area contributed by atoms with Crippen LogP contribution in [-0.4, -0.2) is 25.0 Å². The van der Waals surface area contributed by atoms with Crippen molar-refractivity contribution in [3.8, 4) is 11.4 Å². The summed E-state index contributed by atoms with van der Waals surface area (Å²) in [6.07, 6.45) is -1.60. The number of allylic oxidation sites excluding steroid dienone is 1. The molecule has 0 aliphatic heterocycles. The Morgan fingerprint density at radius 2 is 1.96 bits per heavy atom. The minimum Gasteiger partial charge on any atom is -0.325 e. The normalized spacial score (nSPS) is 11.4. The summed E-state index contributed by atoms with van der Waals surface area (Å²) in [5.74, 6) is 0.422. The van der Waals surface area contributed by atoms with Gasteiger partial charge in [-0.2, -0.15) is 13.2 Å². The summed E-state index contributed by atoms with van der Waals surface area (Å²) < 4.78 is 40.2. The molecule has 0 aromatic carbocycles. The third-order valence-electron chi connectivity index (χ3n) is 3.55. The molecule has 0 aliphatic carbocycles. The van der Waals surface area contributed by atoms with Crippen LogP contribution in [0.25, 0.3) is 11.4 Å². The zero-order valence-electron chi connectivity index (χ0n) is 14.7. The first-order valence-electron chi connectivity index (χ1n) is 8.04. The van der Waals surface area contributed by atoms with Gasteiger partial charge in [0.15, 0.2) is 0 Å². The van der Waals surface area contributed by atoms with Crippen molar-refractivity contribution >= 4 is 11.6 Å². The van der Waals surface area contributed by atoms with Crippen LogP contribution in [0.15, 0.2) is 48.8 Å². The van der Waals surface area contributed by atoms with E-state index in [0.29, 0.717) is 23.8 Å². The number of halogens is 3. The molecule has 0 saturated carbocycles. The van der Waals surface area contributed by atoms with Gasteiger partial charge in [-0.1, -0.05) is 17.4 Å². The minimum absolute atomic E-state index is 0.0554. The Morgan fingerprint density at radius 1 is 1.19 bits per heavy atom. The molecule has 9 heteroatoms. The van der Waals surface area contributed by atoms with Gasteiger partial charge >= 0.3 is 6.18 Å². The van der Waals surface area contributed by atoms with Crippen molar-refractivity contribution in [2.24, 2.45) is 0 Å². The molecule has 3 rings (SSSR count). The highest BCUT2D eigenvalue weighted by Gasteiger charge is 2.30. The highest BCUT2D eigenvalue weighted by molar-refractivity contribution is 5.61. The van der Waals surface area contributed by atoms with Crippen LogP contribution in [0, 0.1) is 6.92 Å². The van der Waals surface area contributed by atoms with Crippen molar-refractivity contribution in [3.63, 3.8) is 0 Å². The van der Waals surface area contributed by atoms with Crippen LogP contribution in [0.3, 0.4) is 0 Å². The van der Waals surface area contributed by atoms with Gasteiger partial charge in [0.1, 0.15) is 17.3 Å². The van der Waals surface area contributed by atoms with Gasteiger partial charge in [-0.05, 0) is 43.7 Å². The molecule has 1 N–H and O–H groups in total. The van der Waals surface area contributed by atoms with Crippen LogP contribution < -0.4 is 5.32 Å². The molecule has 3 aromatic heterocycles. The van der Waals surface area contributed by atoms with E-state index in [9.17, 15) is 13.2 Å². The van der Waals surface area contributed by atoms with Crippen LogP contribution in [0.5, 0.6) is 0 Å². The van der Waals surface area contributed by atoms with Gasteiger partial charge < -0.3 is 5.32 Å². The number of rotatable bonds is 5. The van der Waals surface area contributed by atoms with E-state index < -0.39 is 11.7 Å². The van der Waals surface area contributed by atoms with Crippen LogP contribution in [0.4, 0.5) is 24.8 Å². The Balaban J connectivity index is 1.88. The number of hydrogen-bond acceptors (Lipinski definition) is 5. The lowest BCUT2D eigenvalue weighted by Gasteiger charge is -2.10. The molecule has 0 saturated heterocycles. The zero-order valence-corrected chi connectivity index (χ0v) is 14.7. The topological polar surface area (TPSA) is 68.5 Å². The van der Waals surface area contributed by atoms with Crippen LogP contribution in [0.2, 0.25) is 0 Å². The number of nitrogens with one attached hydrogen (secondary N) is 1. The number of anilines is 2. The summed E-state index contributed by atoms with van der Waals surface area (Å²) in [4.78, 5) is 8.34. The summed E-state index contributed by atoms with van der Waals surface area (Å²) in [6, 6.07) is 5.39. The zero-order chi connectivity index (χ0) is 19.6. The van der Waals surface area contributed by atoms with Crippen molar-refractivity contribution < 1.29 is 13.2 Å². The van der Waals surface area contributed by atoms with Crippen molar-refractivity contribution in [3.05, 3.63) is 59.9 Å². The first kappa shape index (κ1) is 18.6. The highest BCUT2D eigenvalue weighted by atomic mass is 19.4. The Labute approximate surface area is 153 Å². The molecule has 0 bridgehead atoms. The molecule has 3 heterocycles. The number of hydrogen-bond donors (Lipinski definition) is 1. The first-order chi connectivity index (χ1) is 12.7. The van der Waals surface area contributed by atoms with Gasteiger partial charge in [-0.3, -0.25) is 0 Å². The number of alkyl halides is 3. The molecule has 6 nitrogen and oxygen atoms in total. The second kappa shape index (κ2) is 7.18. The van der Waals surface area contributed by atoms with Gasteiger partial charge in [0.2, 0.25) is 0 Å². The monoisotopic (exact) mass is 374 g/mol. The maximum Gasteiger partial charge on any atom is 0.416 e. The Kier molecular flexibility index (Phi) is 4.93.